The molecule has 4 N–H and O–H groups in total. The highest BCUT2D eigenvalue weighted by Gasteiger charge is 2.13. The summed E-state index contributed by atoms with van der Waals surface area (Å²) in [6, 6.07) is 2.91. The second kappa shape index (κ2) is 5.98. The van der Waals surface area contributed by atoms with E-state index in [0.29, 0.717) is 0 Å². The van der Waals surface area contributed by atoms with Crippen LogP contribution in [-0.4, -0.2) is 38.7 Å². The average molecular weight is 293 g/mol. The molecule has 1 amide bonds. The van der Waals surface area contributed by atoms with E-state index in [2.05, 4.69) is 15.0 Å². The van der Waals surface area contributed by atoms with Crippen LogP contribution in [0.1, 0.15) is 10.5 Å². The van der Waals surface area contributed by atoms with E-state index in [-0.39, 0.29) is 28.8 Å². The Hall–Kier alpha value is -1.38. The lowest BCUT2D eigenvalue weighted by atomic mass is 10.3. The number of hydrogen-bond acceptors (Lipinski definition) is 5. The zero-order valence-electron chi connectivity index (χ0n) is 9.60. The number of amides is 1. The number of rotatable bonds is 5. The lowest BCUT2D eigenvalue weighted by Crippen LogP contribution is -2.33. The van der Waals surface area contributed by atoms with Crippen LogP contribution in [0, 0.1) is 0 Å². The van der Waals surface area contributed by atoms with Gasteiger partial charge in [0.15, 0.2) is 0 Å². The van der Waals surface area contributed by atoms with E-state index in [1.165, 1.54) is 19.2 Å². The second-order valence-electron chi connectivity index (χ2n) is 3.35. The van der Waals surface area contributed by atoms with Crippen molar-refractivity contribution in [2.45, 2.75) is 0 Å². The number of nitrogens with zero attached hydrogens (tertiary/aromatic N) is 1. The normalized spacial score (nSPS) is 11.2. The molecule has 0 aliphatic carbocycles. The smallest absolute Gasteiger partial charge is 0.271 e. The van der Waals surface area contributed by atoms with E-state index in [1.54, 1.807) is 0 Å². The van der Waals surface area contributed by atoms with Crippen molar-refractivity contribution in [2.75, 3.05) is 25.1 Å². The van der Waals surface area contributed by atoms with E-state index in [4.69, 9.17) is 17.3 Å². The largest absolute Gasteiger partial charge is 0.384 e. The van der Waals surface area contributed by atoms with Gasteiger partial charge in [-0.25, -0.2) is 18.1 Å². The topological polar surface area (TPSA) is 114 Å². The van der Waals surface area contributed by atoms with Crippen LogP contribution in [0.2, 0.25) is 5.02 Å². The average Bonchev–Trinajstić information content (AvgIpc) is 2.32. The first kappa shape index (κ1) is 14.7. The predicted molar refractivity (Wildman–Crippen MR) is 68.8 cm³/mol. The Morgan fingerprint density at radius 1 is 1.50 bits per heavy atom. The standard InChI is InChI=1S/C9H13ClN4O3S/c1-12-18(16,17)5-4-13-9(15)8-6(10)2-3-7(11)14-8/h2-3,12H,4-5H2,1H3,(H2,11,14)(H,13,15). The SMILES string of the molecule is CNS(=O)(=O)CCNC(=O)c1nc(N)ccc1Cl. The third kappa shape index (κ3) is 4.13. The Bertz CT molecular complexity index is 547. The molecule has 1 heterocycles. The molecule has 0 saturated heterocycles. The molecule has 0 aliphatic rings. The van der Waals surface area contributed by atoms with Gasteiger partial charge in [0, 0.05) is 6.54 Å². The fraction of sp³-hybridized carbons (Fsp3) is 0.333. The number of nitrogen functional groups attached to an aromatic ring is 1. The molecule has 0 saturated carbocycles. The van der Waals surface area contributed by atoms with Crippen LogP contribution in [-0.2, 0) is 10.0 Å². The number of anilines is 1. The molecule has 0 aliphatic heterocycles. The van der Waals surface area contributed by atoms with E-state index >= 15 is 0 Å². The molecule has 100 valence electrons. The summed E-state index contributed by atoms with van der Waals surface area (Å²) >= 11 is 5.78. The van der Waals surface area contributed by atoms with Gasteiger partial charge < -0.3 is 11.1 Å². The molecule has 0 bridgehead atoms. The number of sulfonamides is 1. The number of aromatic nitrogens is 1. The van der Waals surface area contributed by atoms with Crippen molar-refractivity contribution < 1.29 is 13.2 Å². The second-order valence-corrected chi connectivity index (χ2v) is 5.80. The van der Waals surface area contributed by atoms with Crippen molar-refractivity contribution in [1.82, 2.24) is 15.0 Å². The summed E-state index contributed by atoms with van der Waals surface area (Å²) in [6.45, 7) is -0.0468. The van der Waals surface area contributed by atoms with Crippen LogP contribution >= 0.6 is 11.6 Å². The van der Waals surface area contributed by atoms with Crippen LogP contribution in [0.25, 0.3) is 0 Å². The van der Waals surface area contributed by atoms with E-state index < -0.39 is 15.9 Å². The summed E-state index contributed by atoms with van der Waals surface area (Å²) in [5.41, 5.74) is 5.40. The summed E-state index contributed by atoms with van der Waals surface area (Å²) in [4.78, 5) is 15.4. The number of carbonyl (C=O) groups is 1. The fourth-order valence-electron chi connectivity index (χ4n) is 1.10. The van der Waals surface area contributed by atoms with Crippen molar-refractivity contribution >= 4 is 33.3 Å². The zero-order chi connectivity index (χ0) is 13.8. The highest BCUT2D eigenvalue weighted by molar-refractivity contribution is 7.89. The van der Waals surface area contributed by atoms with Crippen LogP contribution in [0.3, 0.4) is 0 Å². The minimum absolute atomic E-state index is 0.0291. The van der Waals surface area contributed by atoms with Gasteiger partial charge in [0.25, 0.3) is 5.91 Å². The molecule has 0 spiro atoms. The highest BCUT2D eigenvalue weighted by Crippen LogP contribution is 2.14. The van der Waals surface area contributed by atoms with Gasteiger partial charge in [-0.1, -0.05) is 11.6 Å². The first-order valence-electron chi connectivity index (χ1n) is 4.97. The predicted octanol–water partition coefficient (Wildman–Crippen LogP) is -0.404. The van der Waals surface area contributed by atoms with Gasteiger partial charge in [-0.15, -0.1) is 0 Å². The maximum absolute atomic E-state index is 11.7. The maximum atomic E-state index is 11.7. The molecule has 7 nitrogen and oxygen atoms in total. The third-order valence-electron chi connectivity index (χ3n) is 2.05. The monoisotopic (exact) mass is 292 g/mol. The Morgan fingerprint density at radius 3 is 2.78 bits per heavy atom. The Balaban J connectivity index is 2.64. The van der Waals surface area contributed by atoms with Gasteiger partial charge in [-0.05, 0) is 19.2 Å². The number of nitrogens with two attached hydrogens (primary N) is 1. The molecule has 9 heteroatoms. The molecule has 0 radical (unpaired) electrons. The minimum Gasteiger partial charge on any atom is -0.384 e. The van der Waals surface area contributed by atoms with Crippen LogP contribution in [0.15, 0.2) is 12.1 Å². The van der Waals surface area contributed by atoms with Crippen LogP contribution in [0.5, 0.6) is 0 Å². The van der Waals surface area contributed by atoms with Crippen LogP contribution in [0.4, 0.5) is 5.82 Å². The van der Waals surface area contributed by atoms with Crippen molar-refractivity contribution in [1.29, 1.82) is 0 Å². The summed E-state index contributed by atoms with van der Waals surface area (Å²) in [5.74, 6) is -0.638. The quantitative estimate of drug-likeness (QED) is 0.683. The van der Waals surface area contributed by atoms with Gasteiger partial charge in [-0.2, -0.15) is 0 Å². The Morgan fingerprint density at radius 2 is 2.17 bits per heavy atom. The van der Waals surface area contributed by atoms with E-state index in [9.17, 15) is 13.2 Å². The van der Waals surface area contributed by atoms with Gasteiger partial charge in [0.2, 0.25) is 10.0 Å². The molecule has 0 atom stereocenters. The van der Waals surface area contributed by atoms with E-state index in [0.717, 1.165) is 0 Å². The number of nitrogens with one attached hydrogen (secondary N) is 2. The lowest BCUT2D eigenvalue weighted by molar-refractivity contribution is 0.0951. The Kier molecular flexibility index (Phi) is 4.88. The molecule has 1 aromatic heterocycles. The van der Waals surface area contributed by atoms with Crippen LogP contribution < -0.4 is 15.8 Å². The molecule has 0 fully saturated rings. The molecular formula is C9H13ClN4O3S. The number of halogens is 1. The van der Waals surface area contributed by atoms with Gasteiger partial charge in [0.1, 0.15) is 11.5 Å². The molecule has 1 rings (SSSR count). The lowest BCUT2D eigenvalue weighted by Gasteiger charge is -2.06. The summed E-state index contributed by atoms with van der Waals surface area (Å²) in [7, 11) is -2.06. The number of pyridine rings is 1. The third-order valence-corrected chi connectivity index (χ3v) is 3.72. The van der Waals surface area contributed by atoms with Crippen molar-refractivity contribution in [3.63, 3.8) is 0 Å². The minimum atomic E-state index is -3.36. The first-order valence-corrected chi connectivity index (χ1v) is 7.00. The summed E-state index contributed by atoms with van der Waals surface area (Å²) < 4.78 is 24.4. The fourth-order valence-corrected chi connectivity index (χ4v) is 1.87. The Labute approximate surface area is 110 Å². The molecular weight excluding hydrogens is 280 g/mol. The van der Waals surface area contributed by atoms with Gasteiger partial charge >= 0.3 is 0 Å². The highest BCUT2D eigenvalue weighted by atomic mass is 35.5. The number of hydrogen-bond donors (Lipinski definition) is 3. The van der Waals surface area contributed by atoms with Crippen molar-refractivity contribution in [2.24, 2.45) is 0 Å². The molecule has 0 aromatic carbocycles. The first-order chi connectivity index (χ1) is 8.35. The van der Waals surface area contributed by atoms with Gasteiger partial charge in [0.05, 0.1) is 10.8 Å². The van der Waals surface area contributed by atoms with Crippen molar-refractivity contribution in [3.8, 4) is 0 Å². The van der Waals surface area contributed by atoms with Crippen molar-refractivity contribution in [3.05, 3.63) is 22.8 Å². The molecule has 18 heavy (non-hydrogen) atoms. The molecule has 1 aromatic rings. The van der Waals surface area contributed by atoms with Gasteiger partial charge in [-0.3, -0.25) is 4.79 Å². The van der Waals surface area contributed by atoms with E-state index in [1.807, 2.05) is 0 Å². The molecule has 0 unspecified atom stereocenters. The number of carbonyl (C=O) groups excluding carboxylic acids is 1. The maximum Gasteiger partial charge on any atom is 0.271 e. The zero-order valence-corrected chi connectivity index (χ0v) is 11.2. The summed E-state index contributed by atoms with van der Waals surface area (Å²) in [6.07, 6.45) is 0. The summed E-state index contributed by atoms with van der Waals surface area (Å²) in [5, 5.41) is 2.55.